The van der Waals surface area contributed by atoms with Gasteiger partial charge >= 0.3 is 6.03 Å². The number of benzene rings is 2. The average molecular weight is 379 g/mol. The number of urea groups is 1. The van der Waals surface area contributed by atoms with Crippen molar-refractivity contribution in [2.24, 2.45) is 5.73 Å². The first-order valence-electron chi connectivity index (χ1n) is 6.86. The highest BCUT2D eigenvalue weighted by molar-refractivity contribution is 7.14. The molecule has 1 heterocycles. The smallest absolute Gasteiger partial charge is 0.338 e. The first-order chi connectivity index (χ1) is 11.5. The van der Waals surface area contributed by atoms with Crippen molar-refractivity contribution in [2.75, 3.05) is 10.4 Å². The summed E-state index contributed by atoms with van der Waals surface area (Å²) in [5.74, 6) is 0. The summed E-state index contributed by atoms with van der Waals surface area (Å²) < 4.78 is 0. The zero-order valence-corrected chi connectivity index (χ0v) is 14.6. The minimum absolute atomic E-state index is 0.536. The molecule has 2 amide bonds. The molecule has 0 radical (unpaired) electrons. The van der Waals surface area contributed by atoms with Gasteiger partial charge in [0.1, 0.15) is 0 Å². The van der Waals surface area contributed by atoms with Crippen molar-refractivity contribution >= 4 is 51.4 Å². The monoisotopic (exact) mass is 378 g/mol. The van der Waals surface area contributed by atoms with Gasteiger partial charge in [-0.1, -0.05) is 35.3 Å². The molecule has 0 aliphatic heterocycles. The SMILES string of the molecule is NC(=O)N(Nc1nc(-c2ccc(Cl)cc2)cs1)c1ccc(Cl)cc1. The van der Waals surface area contributed by atoms with Crippen LogP contribution in [0.2, 0.25) is 10.0 Å². The number of anilines is 2. The quantitative estimate of drug-likeness (QED) is 0.625. The summed E-state index contributed by atoms with van der Waals surface area (Å²) in [6.07, 6.45) is 0. The zero-order chi connectivity index (χ0) is 17.1. The summed E-state index contributed by atoms with van der Waals surface area (Å²) in [5, 5.41) is 4.86. The molecule has 3 rings (SSSR count). The number of halogens is 2. The molecule has 0 bridgehead atoms. The van der Waals surface area contributed by atoms with Gasteiger partial charge in [-0.25, -0.2) is 14.8 Å². The van der Waals surface area contributed by atoms with Gasteiger partial charge in [-0.15, -0.1) is 11.3 Å². The Morgan fingerprint density at radius 3 is 2.21 bits per heavy atom. The molecule has 0 atom stereocenters. The standard InChI is InChI=1S/C16H12Cl2N4OS/c17-11-3-1-10(2-4-11)14-9-24-16(20-14)21-22(15(19)23)13-7-5-12(18)6-8-13/h1-9H,(H2,19,23)(H,20,21). The number of nitrogens with two attached hydrogens (primary N) is 1. The molecule has 0 spiro atoms. The van der Waals surface area contributed by atoms with Gasteiger partial charge < -0.3 is 5.73 Å². The number of carbonyl (C=O) groups is 1. The van der Waals surface area contributed by atoms with Gasteiger partial charge in [0.25, 0.3) is 0 Å². The minimum Gasteiger partial charge on any atom is -0.350 e. The number of hydrazine groups is 1. The maximum atomic E-state index is 11.7. The molecule has 5 nitrogen and oxygen atoms in total. The first kappa shape index (κ1) is 16.6. The van der Waals surface area contributed by atoms with Crippen LogP contribution in [0.25, 0.3) is 11.3 Å². The van der Waals surface area contributed by atoms with Gasteiger partial charge in [0.2, 0.25) is 5.13 Å². The molecule has 8 heteroatoms. The highest BCUT2D eigenvalue weighted by atomic mass is 35.5. The molecular formula is C16H12Cl2N4OS. The van der Waals surface area contributed by atoms with Crippen molar-refractivity contribution in [3.05, 3.63) is 64.0 Å². The normalized spacial score (nSPS) is 10.4. The Bertz CT molecular complexity index is 849. The molecule has 24 heavy (non-hydrogen) atoms. The van der Waals surface area contributed by atoms with Gasteiger partial charge in [0.15, 0.2) is 0 Å². The molecule has 0 unspecified atom stereocenters. The van der Waals surface area contributed by atoms with Gasteiger partial charge in [-0.2, -0.15) is 0 Å². The van der Waals surface area contributed by atoms with Gasteiger partial charge in [0.05, 0.1) is 11.4 Å². The summed E-state index contributed by atoms with van der Waals surface area (Å²) in [4.78, 5) is 16.2. The fraction of sp³-hybridized carbons (Fsp3) is 0. The van der Waals surface area contributed by atoms with E-state index in [2.05, 4.69) is 10.4 Å². The van der Waals surface area contributed by atoms with E-state index in [0.717, 1.165) is 11.3 Å². The topological polar surface area (TPSA) is 71.2 Å². The Hall–Kier alpha value is -2.28. The van der Waals surface area contributed by atoms with E-state index in [-0.39, 0.29) is 0 Å². The van der Waals surface area contributed by atoms with Gasteiger partial charge in [-0.3, -0.25) is 5.43 Å². The fourth-order valence-corrected chi connectivity index (χ4v) is 2.97. The Morgan fingerprint density at radius 1 is 1.04 bits per heavy atom. The summed E-state index contributed by atoms with van der Waals surface area (Å²) in [6, 6.07) is 13.4. The Kier molecular flexibility index (Phi) is 4.89. The molecule has 3 aromatic rings. The predicted octanol–water partition coefficient (Wildman–Crippen LogP) is 5.03. The van der Waals surface area contributed by atoms with Crippen LogP contribution in [0.3, 0.4) is 0 Å². The minimum atomic E-state index is -0.652. The zero-order valence-electron chi connectivity index (χ0n) is 12.2. The van der Waals surface area contributed by atoms with Crippen LogP contribution in [-0.4, -0.2) is 11.0 Å². The molecular weight excluding hydrogens is 367 g/mol. The lowest BCUT2D eigenvalue weighted by Crippen LogP contribution is -2.40. The van der Waals surface area contributed by atoms with Crippen LogP contribution in [0, 0.1) is 0 Å². The summed E-state index contributed by atoms with van der Waals surface area (Å²) in [5.41, 5.74) is 10.6. The molecule has 0 aliphatic carbocycles. The third kappa shape index (κ3) is 3.79. The summed E-state index contributed by atoms with van der Waals surface area (Å²) in [7, 11) is 0. The van der Waals surface area contributed by atoms with Crippen LogP contribution < -0.4 is 16.2 Å². The highest BCUT2D eigenvalue weighted by Gasteiger charge is 2.14. The van der Waals surface area contributed by atoms with Crippen molar-refractivity contribution in [3.8, 4) is 11.3 Å². The summed E-state index contributed by atoms with van der Waals surface area (Å²) in [6.45, 7) is 0. The van der Waals surface area contributed by atoms with E-state index < -0.39 is 6.03 Å². The van der Waals surface area contributed by atoms with E-state index in [4.69, 9.17) is 28.9 Å². The number of primary amides is 1. The molecule has 3 N–H and O–H groups in total. The maximum Gasteiger partial charge on any atom is 0.338 e. The Labute approximate surface area is 152 Å². The van der Waals surface area contributed by atoms with E-state index in [0.29, 0.717) is 20.9 Å². The van der Waals surface area contributed by atoms with E-state index >= 15 is 0 Å². The number of aromatic nitrogens is 1. The molecule has 122 valence electrons. The second-order valence-corrected chi connectivity index (χ2v) is 6.54. The number of hydrogen-bond acceptors (Lipinski definition) is 4. The van der Waals surface area contributed by atoms with Crippen LogP contribution in [0.1, 0.15) is 0 Å². The number of thiazole rings is 1. The van der Waals surface area contributed by atoms with Crippen LogP contribution in [0.5, 0.6) is 0 Å². The van der Waals surface area contributed by atoms with Crippen molar-refractivity contribution < 1.29 is 4.79 Å². The third-order valence-electron chi connectivity index (χ3n) is 3.16. The fourth-order valence-electron chi connectivity index (χ4n) is 2.01. The van der Waals surface area contributed by atoms with Gasteiger partial charge in [-0.05, 0) is 36.4 Å². The van der Waals surface area contributed by atoms with Crippen molar-refractivity contribution in [3.63, 3.8) is 0 Å². The lowest BCUT2D eigenvalue weighted by molar-refractivity contribution is 0.255. The van der Waals surface area contributed by atoms with Crippen LogP contribution in [0.4, 0.5) is 15.6 Å². The van der Waals surface area contributed by atoms with E-state index in [1.54, 1.807) is 36.4 Å². The molecule has 0 aliphatic rings. The molecule has 0 fully saturated rings. The molecule has 0 saturated carbocycles. The number of carbonyl (C=O) groups excluding carboxylic acids is 1. The molecule has 2 aromatic carbocycles. The van der Waals surface area contributed by atoms with E-state index in [9.17, 15) is 4.79 Å². The highest BCUT2D eigenvalue weighted by Crippen LogP contribution is 2.27. The second kappa shape index (κ2) is 7.09. The predicted molar refractivity (Wildman–Crippen MR) is 99.7 cm³/mol. The number of rotatable bonds is 4. The van der Waals surface area contributed by atoms with E-state index in [1.807, 2.05) is 17.5 Å². The largest absolute Gasteiger partial charge is 0.350 e. The molecule has 1 aromatic heterocycles. The second-order valence-electron chi connectivity index (χ2n) is 4.81. The van der Waals surface area contributed by atoms with Crippen LogP contribution in [0.15, 0.2) is 53.9 Å². The van der Waals surface area contributed by atoms with Crippen molar-refractivity contribution in [2.45, 2.75) is 0 Å². The maximum absolute atomic E-state index is 11.7. The Balaban J connectivity index is 1.82. The molecule has 0 saturated heterocycles. The summed E-state index contributed by atoms with van der Waals surface area (Å²) >= 11 is 13.1. The van der Waals surface area contributed by atoms with Crippen molar-refractivity contribution in [1.82, 2.24) is 4.98 Å². The lowest BCUT2D eigenvalue weighted by atomic mass is 10.2. The third-order valence-corrected chi connectivity index (χ3v) is 4.41. The van der Waals surface area contributed by atoms with Gasteiger partial charge in [0, 0.05) is 21.0 Å². The van der Waals surface area contributed by atoms with Crippen molar-refractivity contribution in [1.29, 1.82) is 0 Å². The number of nitrogens with one attached hydrogen (secondary N) is 1. The first-order valence-corrected chi connectivity index (χ1v) is 8.50. The van der Waals surface area contributed by atoms with E-state index in [1.165, 1.54) is 16.3 Å². The Morgan fingerprint density at radius 2 is 1.62 bits per heavy atom. The average Bonchev–Trinajstić information content (AvgIpc) is 3.03. The van der Waals surface area contributed by atoms with Crippen LogP contribution in [-0.2, 0) is 0 Å². The number of nitrogens with zero attached hydrogens (tertiary/aromatic N) is 2. The number of amides is 2. The number of hydrogen-bond donors (Lipinski definition) is 2. The lowest BCUT2D eigenvalue weighted by Gasteiger charge is -2.20. The van der Waals surface area contributed by atoms with Crippen LogP contribution >= 0.6 is 34.5 Å².